The largest absolute Gasteiger partial charge is 0.155 e. The lowest BCUT2D eigenvalue weighted by atomic mass is 10.0. The predicted molar refractivity (Wildman–Crippen MR) is 157 cm³/mol. The van der Waals surface area contributed by atoms with Crippen LogP contribution in [0.5, 0.6) is 0 Å². The van der Waals surface area contributed by atoms with Crippen LogP contribution in [0.25, 0.3) is 0 Å². The molecule has 0 bridgehead atoms. The predicted octanol–water partition coefficient (Wildman–Crippen LogP) is 11.2. The molecule has 0 amide bonds. The Hall–Kier alpha value is 5.46. The Bertz CT molecular complexity index is 582. The molecule has 0 aromatic heterocycles. The van der Waals surface area contributed by atoms with Crippen molar-refractivity contribution in [2.75, 3.05) is 0 Å². The summed E-state index contributed by atoms with van der Waals surface area (Å²) < 4.78 is -5.04. The summed E-state index contributed by atoms with van der Waals surface area (Å²) in [6.45, 7) is 0. The first-order valence-corrected chi connectivity index (χ1v) is 16.1. The molecule has 1 radical (unpaired) electrons. The van der Waals surface area contributed by atoms with Crippen LogP contribution in [0.2, 0.25) is 0 Å². The third-order valence-corrected chi connectivity index (χ3v) is 23.7. The van der Waals surface area contributed by atoms with Crippen molar-refractivity contribution in [3.8, 4) is 0 Å². The van der Waals surface area contributed by atoms with Crippen LogP contribution in [0.4, 0.5) is 0 Å². The minimum atomic E-state index is -0.913. The lowest BCUT2D eigenvalue weighted by Gasteiger charge is -2.56. The van der Waals surface area contributed by atoms with Gasteiger partial charge in [-0.2, -0.15) is 0 Å². The molecule has 0 heterocycles. The summed E-state index contributed by atoms with van der Waals surface area (Å²) in [4.78, 5) is 0. The lowest BCUT2D eigenvalue weighted by Crippen LogP contribution is -2.66. The third-order valence-electron chi connectivity index (χ3n) is 3.05. The number of halogens is 13. The smallest absolute Gasteiger partial charge is 0.0758 e. The maximum atomic E-state index is 3.86. The average molecular weight is 1190 g/mol. The molecule has 13 heteroatoms. The molecule has 25 heavy (non-hydrogen) atoms. The second-order valence-corrected chi connectivity index (χ2v) is 29.7. The van der Waals surface area contributed by atoms with Gasteiger partial charge in [-0.25, -0.2) is 0 Å². The Morgan fingerprint density at radius 1 is 0.600 bits per heavy atom. The van der Waals surface area contributed by atoms with Crippen molar-refractivity contribution in [3.63, 3.8) is 0 Å². The Morgan fingerprint density at radius 2 is 1.04 bits per heavy atom. The fraction of sp³-hybridized carbons (Fsp3) is 0.500. The van der Waals surface area contributed by atoms with Crippen molar-refractivity contribution in [2.24, 2.45) is 0 Å². The zero-order valence-electron chi connectivity index (χ0n) is 11.2. The molecule has 0 nitrogen and oxygen atoms in total. The van der Waals surface area contributed by atoms with Gasteiger partial charge in [0.25, 0.3) is 0 Å². The number of benzene rings is 1. The molecule has 0 atom stereocenters. The SMILES string of the molecule is BrC(Br)(Br)C(Br)(C(Br)(Br)Br)C(Br)(Br)C(Br)(Br)C(Br)(Br)c1[c]cccc1. The van der Waals surface area contributed by atoms with E-state index >= 15 is 0 Å². The van der Waals surface area contributed by atoms with Crippen LogP contribution in [0, 0.1) is 6.07 Å². The fourth-order valence-corrected chi connectivity index (χ4v) is 16.6. The van der Waals surface area contributed by atoms with Gasteiger partial charge < -0.3 is 0 Å². The molecule has 0 N–H and O–H groups in total. The maximum Gasteiger partial charge on any atom is 0.155 e. The standard InChI is InChI=1S/C12H4Br13/c13-7(14,6-4-2-1-3-5-6)9(16,17)10(18,19)8(15,11(20,21)22)12(23,24)25/h1-4H. The van der Waals surface area contributed by atoms with Crippen molar-refractivity contribution in [3.05, 3.63) is 35.9 Å². The van der Waals surface area contributed by atoms with E-state index in [1.165, 1.54) is 0 Å². The van der Waals surface area contributed by atoms with E-state index < -0.39 is 18.3 Å². The molecule has 0 spiro atoms. The van der Waals surface area contributed by atoms with Crippen LogP contribution in [0.3, 0.4) is 0 Å². The quantitative estimate of drug-likeness (QED) is 0.264. The molecule has 1 aromatic carbocycles. The molecule has 0 aliphatic carbocycles. The first-order valence-electron chi connectivity index (χ1n) is 5.78. The van der Waals surface area contributed by atoms with Crippen LogP contribution in [-0.4, -0.2) is 15.1 Å². The summed E-state index contributed by atoms with van der Waals surface area (Å²) in [5.74, 6) is 0. The summed E-state index contributed by atoms with van der Waals surface area (Å²) in [5, 5.41) is 0. The Balaban J connectivity index is 3.68. The van der Waals surface area contributed by atoms with Gasteiger partial charge in [-0.1, -0.05) is 231 Å². The Morgan fingerprint density at radius 3 is 1.36 bits per heavy atom. The number of rotatable bonds is 4. The molecule has 0 aliphatic heterocycles. The molecular weight excluding hydrogens is 1180 g/mol. The van der Waals surface area contributed by atoms with Crippen molar-refractivity contribution in [1.29, 1.82) is 0 Å². The summed E-state index contributed by atoms with van der Waals surface area (Å²) in [6, 6.07) is 10.9. The van der Waals surface area contributed by atoms with Gasteiger partial charge in [-0.15, -0.1) is 0 Å². The van der Waals surface area contributed by atoms with Crippen LogP contribution in [0.1, 0.15) is 5.56 Å². The highest BCUT2D eigenvalue weighted by Gasteiger charge is 2.75. The molecule has 0 saturated carbocycles. The van der Waals surface area contributed by atoms with Gasteiger partial charge in [0.15, 0.2) is 4.29 Å². The number of hydrogen-bond acceptors (Lipinski definition) is 0. The summed E-state index contributed by atoms with van der Waals surface area (Å²) in [5.41, 5.74) is 0.871. The maximum absolute atomic E-state index is 3.86. The van der Waals surface area contributed by atoms with Gasteiger partial charge in [-0.3, -0.25) is 0 Å². The van der Waals surface area contributed by atoms with Crippen LogP contribution in [-0.2, 0) is 3.23 Å². The first kappa shape index (κ1) is 28.5. The van der Waals surface area contributed by atoms with E-state index in [4.69, 9.17) is 0 Å². The van der Waals surface area contributed by atoms with E-state index in [0.29, 0.717) is 0 Å². The number of alkyl halides is 13. The van der Waals surface area contributed by atoms with Crippen LogP contribution >= 0.6 is 207 Å². The topological polar surface area (TPSA) is 0 Å². The highest BCUT2D eigenvalue weighted by molar-refractivity contribution is 9.42. The van der Waals surface area contributed by atoms with Crippen molar-refractivity contribution < 1.29 is 0 Å². The average Bonchev–Trinajstić information content (AvgIpc) is 2.44. The second kappa shape index (κ2) is 9.75. The van der Waals surface area contributed by atoms with E-state index in [-0.39, 0.29) is 0 Å². The molecule has 0 aliphatic rings. The van der Waals surface area contributed by atoms with Gasteiger partial charge >= 0.3 is 0 Å². The van der Waals surface area contributed by atoms with Gasteiger partial charge in [0.2, 0.25) is 0 Å². The van der Waals surface area contributed by atoms with Crippen molar-refractivity contribution >= 4 is 207 Å². The minimum Gasteiger partial charge on any atom is -0.0758 e. The monoisotopic (exact) mass is 1170 g/mol. The normalized spacial score (nSPS) is 15.4. The van der Waals surface area contributed by atoms with Crippen molar-refractivity contribution in [1.82, 2.24) is 0 Å². The third kappa shape index (κ3) is 5.35. The summed E-state index contributed by atoms with van der Waals surface area (Å²) in [7, 11) is 0. The van der Waals surface area contributed by atoms with E-state index in [9.17, 15) is 0 Å². The van der Waals surface area contributed by atoms with Gasteiger partial charge in [0.1, 0.15) is 14.0 Å². The molecule has 143 valence electrons. The Kier molecular flexibility index (Phi) is 11.1. The molecular formula is C12H4Br13. The van der Waals surface area contributed by atoms with E-state index in [2.05, 4.69) is 213 Å². The van der Waals surface area contributed by atoms with Gasteiger partial charge in [0.05, 0.1) is 0 Å². The fourth-order valence-electron chi connectivity index (χ4n) is 1.69. The van der Waals surface area contributed by atoms with Crippen LogP contribution < -0.4 is 0 Å². The minimum absolute atomic E-state index is 0.781. The lowest BCUT2D eigenvalue weighted by molar-refractivity contribution is 0.572. The first-order chi connectivity index (χ1) is 10.9. The zero-order chi connectivity index (χ0) is 20.1. The summed E-state index contributed by atoms with van der Waals surface area (Å²) >= 11 is 48.7. The number of hydrogen-bond donors (Lipinski definition) is 0. The van der Waals surface area contributed by atoms with E-state index in [0.717, 1.165) is 5.56 Å². The summed E-state index contributed by atoms with van der Waals surface area (Å²) in [6.07, 6.45) is 0. The highest BCUT2D eigenvalue weighted by atomic mass is 80.0. The molecule has 1 rings (SSSR count). The second-order valence-electron chi connectivity index (χ2n) is 4.65. The highest BCUT2D eigenvalue weighted by Crippen LogP contribution is 2.76. The van der Waals surface area contributed by atoms with Gasteiger partial charge in [0, 0.05) is 0 Å². The molecule has 0 fully saturated rings. The molecule has 0 saturated heterocycles. The van der Waals surface area contributed by atoms with Crippen LogP contribution in [0.15, 0.2) is 24.3 Å². The zero-order valence-corrected chi connectivity index (χ0v) is 31.8. The molecule has 1 aromatic rings. The van der Waals surface area contributed by atoms with E-state index in [1.807, 2.05) is 24.3 Å². The Labute approximate surface area is 256 Å². The van der Waals surface area contributed by atoms with Crippen molar-refractivity contribution in [2.45, 2.75) is 18.3 Å². The molecule has 0 unspecified atom stereocenters. The van der Waals surface area contributed by atoms with Gasteiger partial charge in [-0.05, 0) is 11.6 Å². The van der Waals surface area contributed by atoms with E-state index in [1.54, 1.807) is 0 Å².